The van der Waals surface area contributed by atoms with Crippen molar-refractivity contribution in [1.82, 2.24) is 5.32 Å². The van der Waals surface area contributed by atoms with Crippen molar-refractivity contribution in [2.24, 2.45) is 5.92 Å². The molecule has 0 atom stereocenters. The molecule has 1 fully saturated rings. The summed E-state index contributed by atoms with van der Waals surface area (Å²) in [6.07, 6.45) is 28.9. The predicted octanol–water partition coefficient (Wildman–Crippen LogP) is 7.84. The van der Waals surface area contributed by atoms with Crippen LogP contribution in [0.3, 0.4) is 0 Å². The summed E-state index contributed by atoms with van der Waals surface area (Å²) in [6, 6.07) is 0. The first-order valence-electron chi connectivity index (χ1n) is 11.9. The number of unbranched alkanes of at least 4 members (excludes halogenated alkanes) is 16. The smallest absolute Gasteiger partial charge is 0.00463 e. The third-order valence-corrected chi connectivity index (χ3v) is 6.07. The van der Waals surface area contributed by atoms with Crippen LogP contribution in [0.25, 0.3) is 0 Å². The summed E-state index contributed by atoms with van der Waals surface area (Å²) in [4.78, 5) is 0. The van der Waals surface area contributed by atoms with Gasteiger partial charge < -0.3 is 5.32 Å². The maximum absolute atomic E-state index is 3.91. The molecular weight excluding hydrogens is 302 g/mol. The first kappa shape index (κ1) is 23.0. The van der Waals surface area contributed by atoms with E-state index < -0.39 is 0 Å². The van der Waals surface area contributed by atoms with E-state index >= 15 is 0 Å². The van der Waals surface area contributed by atoms with Crippen molar-refractivity contribution in [2.75, 3.05) is 13.1 Å². The van der Waals surface area contributed by atoms with Crippen LogP contribution in [0, 0.1) is 12.8 Å². The third-order valence-electron chi connectivity index (χ3n) is 6.07. The molecule has 1 nitrogen and oxygen atoms in total. The monoisotopic (exact) mass is 350 g/mol. The molecule has 1 aliphatic heterocycles. The highest BCUT2D eigenvalue weighted by Gasteiger charge is 2.11. The number of piperidine rings is 1. The average Bonchev–Trinajstić information content (AvgIpc) is 2.65. The molecule has 25 heavy (non-hydrogen) atoms. The summed E-state index contributed by atoms with van der Waals surface area (Å²) in [5.74, 6) is 1.04. The first-order chi connectivity index (χ1) is 12.4. The molecule has 0 aliphatic carbocycles. The zero-order valence-corrected chi connectivity index (χ0v) is 17.3. The second-order valence-corrected chi connectivity index (χ2v) is 8.49. The molecule has 1 N–H and O–H groups in total. The van der Waals surface area contributed by atoms with Crippen LogP contribution in [0.4, 0.5) is 0 Å². The van der Waals surface area contributed by atoms with Crippen molar-refractivity contribution in [3.05, 3.63) is 6.92 Å². The molecule has 1 heteroatoms. The summed E-state index contributed by atoms with van der Waals surface area (Å²) in [5, 5.41) is 3.47. The Labute approximate surface area is 160 Å². The highest BCUT2D eigenvalue weighted by atomic mass is 14.9. The molecule has 0 amide bonds. The summed E-state index contributed by atoms with van der Waals surface area (Å²) < 4.78 is 0. The Morgan fingerprint density at radius 3 is 1.28 bits per heavy atom. The number of hydrogen-bond acceptors (Lipinski definition) is 1. The zero-order valence-electron chi connectivity index (χ0n) is 17.3. The van der Waals surface area contributed by atoms with Gasteiger partial charge in [0, 0.05) is 0 Å². The SMILES string of the molecule is [CH2]CCCCCCCCCCCCCCCCCCC1CCNCC1. The quantitative estimate of drug-likeness (QED) is 0.248. The zero-order chi connectivity index (χ0) is 17.8. The van der Waals surface area contributed by atoms with Crippen LogP contribution in [0.15, 0.2) is 0 Å². The minimum Gasteiger partial charge on any atom is -0.317 e. The topological polar surface area (TPSA) is 12.0 Å². The first-order valence-corrected chi connectivity index (χ1v) is 11.9. The molecule has 0 aromatic carbocycles. The van der Waals surface area contributed by atoms with Gasteiger partial charge in [0.05, 0.1) is 0 Å². The summed E-state index contributed by atoms with van der Waals surface area (Å²) in [7, 11) is 0. The van der Waals surface area contributed by atoms with E-state index in [4.69, 9.17) is 0 Å². The van der Waals surface area contributed by atoms with Crippen LogP contribution in [0.5, 0.6) is 0 Å². The number of hydrogen-bond donors (Lipinski definition) is 1. The number of nitrogens with one attached hydrogen (secondary N) is 1. The fraction of sp³-hybridized carbons (Fsp3) is 0.958. The lowest BCUT2D eigenvalue weighted by molar-refractivity contribution is 0.342. The maximum Gasteiger partial charge on any atom is -0.00463 e. The standard InChI is InChI=1S/C24H48N/c1-2-3-4-5-6-7-8-9-10-11-12-13-14-15-16-17-18-19-24-20-22-25-23-21-24/h24-25H,1-23H2. The Morgan fingerprint density at radius 2 is 0.880 bits per heavy atom. The van der Waals surface area contributed by atoms with Crippen LogP contribution >= 0.6 is 0 Å². The van der Waals surface area contributed by atoms with Crippen molar-refractivity contribution in [3.8, 4) is 0 Å². The molecule has 0 aromatic rings. The van der Waals surface area contributed by atoms with Gasteiger partial charge in [0.25, 0.3) is 0 Å². The van der Waals surface area contributed by atoms with Crippen molar-refractivity contribution in [1.29, 1.82) is 0 Å². The fourth-order valence-electron chi connectivity index (χ4n) is 4.26. The highest BCUT2D eigenvalue weighted by molar-refractivity contribution is 4.68. The van der Waals surface area contributed by atoms with Crippen molar-refractivity contribution >= 4 is 0 Å². The molecule has 0 unspecified atom stereocenters. The molecule has 1 aliphatic rings. The van der Waals surface area contributed by atoms with Gasteiger partial charge in [-0.25, -0.2) is 0 Å². The van der Waals surface area contributed by atoms with E-state index in [2.05, 4.69) is 12.2 Å². The van der Waals surface area contributed by atoms with E-state index in [1.165, 1.54) is 135 Å². The van der Waals surface area contributed by atoms with E-state index in [0.29, 0.717) is 0 Å². The number of rotatable bonds is 18. The van der Waals surface area contributed by atoms with E-state index in [1.807, 2.05) is 0 Å². The molecule has 1 rings (SSSR count). The molecule has 0 saturated carbocycles. The Kier molecular flexibility index (Phi) is 17.2. The molecule has 1 radical (unpaired) electrons. The van der Waals surface area contributed by atoms with Gasteiger partial charge in [-0.05, 0) is 31.8 Å². The minimum absolute atomic E-state index is 1.04. The minimum atomic E-state index is 1.04. The molecular formula is C24H48N. The van der Waals surface area contributed by atoms with Gasteiger partial charge in [-0.15, -0.1) is 0 Å². The largest absolute Gasteiger partial charge is 0.317 e. The van der Waals surface area contributed by atoms with Gasteiger partial charge in [0.1, 0.15) is 0 Å². The van der Waals surface area contributed by atoms with Gasteiger partial charge in [-0.3, -0.25) is 0 Å². The van der Waals surface area contributed by atoms with Gasteiger partial charge in [0.2, 0.25) is 0 Å². The van der Waals surface area contributed by atoms with Gasteiger partial charge in [0.15, 0.2) is 0 Å². The third kappa shape index (κ3) is 15.9. The van der Waals surface area contributed by atoms with Crippen LogP contribution in [-0.2, 0) is 0 Å². The normalized spacial score (nSPS) is 15.7. The predicted molar refractivity (Wildman–Crippen MR) is 114 cm³/mol. The van der Waals surface area contributed by atoms with Gasteiger partial charge in [-0.1, -0.05) is 122 Å². The Bertz CT molecular complexity index is 244. The lowest BCUT2D eigenvalue weighted by Crippen LogP contribution is -2.27. The molecule has 149 valence electrons. The van der Waals surface area contributed by atoms with Gasteiger partial charge in [-0.2, -0.15) is 0 Å². The van der Waals surface area contributed by atoms with E-state index in [0.717, 1.165) is 12.3 Å². The van der Waals surface area contributed by atoms with Crippen molar-refractivity contribution in [2.45, 2.75) is 128 Å². The molecule has 1 saturated heterocycles. The van der Waals surface area contributed by atoms with Crippen LogP contribution in [0.1, 0.15) is 128 Å². The molecule has 0 spiro atoms. The maximum atomic E-state index is 3.91. The van der Waals surface area contributed by atoms with Crippen LogP contribution < -0.4 is 5.32 Å². The Morgan fingerprint density at radius 1 is 0.520 bits per heavy atom. The van der Waals surface area contributed by atoms with Crippen LogP contribution in [0.2, 0.25) is 0 Å². The van der Waals surface area contributed by atoms with Crippen molar-refractivity contribution in [3.63, 3.8) is 0 Å². The fourth-order valence-corrected chi connectivity index (χ4v) is 4.26. The summed E-state index contributed by atoms with van der Waals surface area (Å²) >= 11 is 0. The van der Waals surface area contributed by atoms with Gasteiger partial charge >= 0.3 is 0 Å². The summed E-state index contributed by atoms with van der Waals surface area (Å²) in [5.41, 5.74) is 0. The van der Waals surface area contributed by atoms with E-state index in [-0.39, 0.29) is 0 Å². The van der Waals surface area contributed by atoms with E-state index in [9.17, 15) is 0 Å². The second kappa shape index (κ2) is 18.7. The highest BCUT2D eigenvalue weighted by Crippen LogP contribution is 2.20. The van der Waals surface area contributed by atoms with Crippen molar-refractivity contribution < 1.29 is 0 Å². The Hall–Kier alpha value is -0.0400. The second-order valence-electron chi connectivity index (χ2n) is 8.49. The molecule has 0 bridgehead atoms. The Balaban J connectivity index is 1.65. The summed E-state index contributed by atoms with van der Waals surface area (Å²) in [6.45, 7) is 6.44. The van der Waals surface area contributed by atoms with E-state index in [1.54, 1.807) is 0 Å². The molecule has 0 aromatic heterocycles. The lowest BCUT2D eigenvalue weighted by atomic mass is 9.92. The lowest BCUT2D eigenvalue weighted by Gasteiger charge is -2.22. The average molecular weight is 351 g/mol. The van der Waals surface area contributed by atoms with Crippen LogP contribution in [-0.4, -0.2) is 13.1 Å². The molecule has 1 heterocycles.